The highest BCUT2D eigenvalue weighted by Gasteiger charge is 2.28. The molecule has 1 aromatic rings. The van der Waals surface area contributed by atoms with Gasteiger partial charge in [-0.2, -0.15) is 8.42 Å². The molecule has 0 aliphatic carbocycles. The van der Waals surface area contributed by atoms with Gasteiger partial charge in [-0.05, 0) is 45.4 Å². The topological polar surface area (TPSA) is 90.9 Å². The Morgan fingerprint density at radius 3 is 2.33 bits per heavy atom. The average molecular weight is 359 g/mol. The van der Waals surface area contributed by atoms with Gasteiger partial charge in [-0.3, -0.25) is 0 Å². The van der Waals surface area contributed by atoms with Crippen LogP contribution in [0, 0.1) is 0 Å². The highest BCUT2D eigenvalue weighted by Crippen LogP contribution is 2.27. The monoisotopic (exact) mass is 359 g/mol. The van der Waals surface area contributed by atoms with Crippen LogP contribution < -0.4 is 9.50 Å². The van der Waals surface area contributed by atoms with Crippen LogP contribution in [0.2, 0.25) is 0 Å². The average Bonchev–Trinajstić information content (AvgIpc) is 2.41. The number of hydrogen-bond acceptors (Lipinski definition) is 6. The molecule has 1 aromatic carbocycles. The van der Waals surface area contributed by atoms with Gasteiger partial charge < -0.3 is 19.0 Å². The third-order valence-corrected chi connectivity index (χ3v) is 3.61. The van der Waals surface area contributed by atoms with Crippen LogP contribution >= 0.6 is 0 Å². The van der Waals surface area contributed by atoms with Crippen LogP contribution in [0.1, 0.15) is 33.3 Å². The maximum absolute atomic E-state index is 11.8. The fraction of sp³-hybridized carbons (Fsp3) is 0.562. The number of nitrogens with one attached hydrogen (secondary N) is 1. The molecule has 0 bridgehead atoms. The van der Waals surface area contributed by atoms with Crippen LogP contribution in [0.4, 0.5) is 4.79 Å². The van der Waals surface area contributed by atoms with Gasteiger partial charge in [0.2, 0.25) is 0 Å². The number of carbonyl (C=O) groups excluding carboxylic acids is 1. The van der Waals surface area contributed by atoms with Crippen molar-refractivity contribution < 1.29 is 26.9 Å². The Morgan fingerprint density at radius 2 is 1.83 bits per heavy atom. The van der Waals surface area contributed by atoms with Crippen molar-refractivity contribution in [2.75, 3.05) is 19.9 Å². The molecule has 7 nitrogen and oxygen atoms in total. The van der Waals surface area contributed by atoms with Crippen molar-refractivity contribution in [2.45, 2.75) is 38.9 Å². The van der Waals surface area contributed by atoms with Crippen LogP contribution in [0.5, 0.6) is 5.75 Å². The van der Waals surface area contributed by atoms with Gasteiger partial charge in [-0.25, -0.2) is 4.79 Å². The van der Waals surface area contributed by atoms with Crippen LogP contribution in [0.3, 0.4) is 0 Å². The minimum Gasteiger partial charge on any atom is -0.444 e. The molecule has 136 valence electrons. The summed E-state index contributed by atoms with van der Waals surface area (Å²) in [6, 6.07) is 6.50. The molecule has 8 heteroatoms. The summed E-state index contributed by atoms with van der Waals surface area (Å²) < 4.78 is 38.1. The largest absolute Gasteiger partial charge is 0.444 e. The molecule has 0 aliphatic heterocycles. The number of rotatable bonds is 6. The Hall–Kier alpha value is -1.80. The molecule has 0 spiro atoms. The van der Waals surface area contributed by atoms with Crippen LogP contribution in [0.15, 0.2) is 24.3 Å². The first-order chi connectivity index (χ1) is 10.8. The van der Waals surface area contributed by atoms with E-state index in [1.54, 1.807) is 45.9 Å². The van der Waals surface area contributed by atoms with E-state index in [0.29, 0.717) is 5.56 Å². The zero-order valence-corrected chi connectivity index (χ0v) is 15.7. The molecule has 24 heavy (non-hydrogen) atoms. The van der Waals surface area contributed by atoms with E-state index in [1.165, 1.54) is 13.2 Å². The van der Waals surface area contributed by atoms with Gasteiger partial charge in [0.1, 0.15) is 17.0 Å². The summed E-state index contributed by atoms with van der Waals surface area (Å²) in [5.41, 5.74) is -0.827. The van der Waals surface area contributed by atoms with Crippen molar-refractivity contribution in [1.82, 2.24) is 5.32 Å². The molecule has 0 heterocycles. The first-order valence-electron chi connectivity index (χ1n) is 7.37. The molecule has 0 aromatic heterocycles. The number of methoxy groups -OCH3 is 1. The van der Waals surface area contributed by atoms with Crippen LogP contribution in [-0.4, -0.2) is 40.0 Å². The van der Waals surface area contributed by atoms with E-state index < -0.39 is 27.4 Å². The SMILES string of the molecule is COC(C)(CNC(=O)OC(C)(C)C)c1cccc(OS(C)(=O)=O)c1. The molecule has 0 aliphatic rings. The molecule has 1 atom stereocenters. The molecule has 1 rings (SSSR count). The molecular formula is C16H25NO6S. The fourth-order valence-electron chi connectivity index (χ4n) is 1.90. The van der Waals surface area contributed by atoms with Gasteiger partial charge >= 0.3 is 16.2 Å². The summed E-state index contributed by atoms with van der Waals surface area (Å²) in [6.07, 6.45) is 0.411. The first kappa shape index (κ1) is 20.2. The Bertz CT molecular complexity index is 680. The smallest absolute Gasteiger partial charge is 0.407 e. The number of carbonyl (C=O) groups is 1. The Labute approximate surface area is 143 Å². The van der Waals surface area contributed by atoms with Gasteiger partial charge in [0.15, 0.2) is 0 Å². The van der Waals surface area contributed by atoms with Crippen molar-refractivity contribution in [3.05, 3.63) is 29.8 Å². The van der Waals surface area contributed by atoms with E-state index in [1.807, 2.05) is 0 Å². The van der Waals surface area contributed by atoms with Crippen molar-refractivity contribution in [1.29, 1.82) is 0 Å². The first-order valence-corrected chi connectivity index (χ1v) is 9.18. The predicted molar refractivity (Wildman–Crippen MR) is 90.5 cm³/mol. The molecule has 1 N–H and O–H groups in total. The number of alkyl carbamates (subject to hydrolysis) is 1. The zero-order valence-electron chi connectivity index (χ0n) is 14.9. The van der Waals surface area contributed by atoms with E-state index in [4.69, 9.17) is 13.7 Å². The summed E-state index contributed by atoms with van der Waals surface area (Å²) in [4.78, 5) is 11.8. The molecule has 1 amide bonds. The maximum Gasteiger partial charge on any atom is 0.407 e. The van der Waals surface area contributed by atoms with Crippen LogP contribution in [-0.2, 0) is 25.2 Å². The lowest BCUT2D eigenvalue weighted by Gasteiger charge is -2.30. The van der Waals surface area contributed by atoms with Crippen LogP contribution in [0.25, 0.3) is 0 Å². The number of ether oxygens (including phenoxy) is 2. The second-order valence-corrected chi connectivity index (χ2v) is 8.18. The van der Waals surface area contributed by atoms with E-state index in [9.17, 15) is 13.2 Å². The lowest BCUT2D eigenvalue weighted by atomic mass is 9.95. The van der Waals surface area contributed by atoms with Gasteiger partial charge in [0.25, 0.3) is 0 Å². The summed E-state index contributed by atoms with van der Waals surface area (Å²) in [7, 11) is -2.12. The molecule has 0 saturated carbocycles. The standard InChI is InChI=1S/C16H25NO6S/c1-15(2,3)22-14(18)17-11-16(4,21-5)12-8-7-9-13(10-12)23-24(6,19)20/h7-10H,11H2,1-6H3,(H,17,18). The summed E-state index contributed by atoms with van der Waals surface area (Å²) in [5.74, 6) is 0.176. The Morgan fingerprint density at radius 1 is 1.21 bits per heavy atom. The lowest BCUT2D eigenvalue weighted by molar-refractivity contribution is -0.00297. The minimum atomic E-state index is -3.62. The highest BCUT2D eigenvalue weighted by molar-refractivity contribution is 7.86. The summed E-state index contributed by atoms with van der Waals surface area (Å²) in [6.45, 7) is 7.22. The Balaban J connectivity index is 2.90. The molecule has 0 fully saturated rings. The van der Waals surface area contributed by atoms with E-state index in [2.05, 4.69) is 5.32 Å². The fourth-order valence-corrected chi connectivity index (χ4v) is 2.35. The van der Waals surface area contributed by atoms with Crippen molar-refractivity contribution >= 4 is 16.2 Å². The van der Waals surface area contributed by atoms with E-state index >= 15 is 0 Å². The van der Waals surface area contributed by atoms with Crippen molar-refractivity contribution in [2.24, 2.45) is 0 Å². The van der Waals surface area contributed by atoms with Gasteiger partial charge in [-0.1, -0.05) is 12.1 Å². The maximum atomic E-state index is 11.8. The number of amides is 1. The second-order valence-electron chi connectivity index (χ2n) is 6.61. The Kier molecular flexibility index (Phi) is 6.24. The van der Waals surface area contributed by atoms with Crippen molar-refractivity contribution in [3.8, 4) is 5.75 Å². The zero-order chi connectivity index (χ0) is 18.6. The number of hydrogen-bond donors (Lipinski definition) is 1. The second kappa shape index (κ2) is 7.40. The molecule has 0 saturated heterocycles. The molecular weight excluding hydrogens is 334 g/mol. The highest BCUT2D eigenvalue weighted by atomic mass is 32.2. The summed E-state index contributed by atoms with van der Waals surface area (Å²) >= 11 is 0. The van der Waals surface area contributed by atoms with Gasteiger partial charge in [0, 0.05) is 7.11 Å². The third kappa shape index (κ3) is 6.76. The minimum absolute atomic E-state index is 0.140. The molecule has 1 unspecified atom stereocenters. The normalized spacial score (nSPS) is 14.6. The number of benzene rings is 1. The lowest BCUT2D eigenvalue weighted by Crippen LogP contribution is -2.42. The van der Waals surface area contributed by atoms with E-state index in [-0.39, 0.29) is 12.3 Å². The van der Waals surface area contributed by atoms with Gasteiger partial charge in [-0.15, -0.1) is 0 Å². The van der Waals surface area contributed by atoms with Crippen molar-refractivity contribution in [3.63, 3.8) is 0 Å². The summed E-state index contributed by atoms with van der Waals surface area (Å²) in [5, 5.41) is 2.65. The molecule has 0 radical (unpaired) electrons. The predicted octanol–water partition coefficient (Wildman–Crippen LogP) is 2.41. The third-order valence-electron chi connectivity index (χ3n) is 3.11. The van der Waals surface area contributed by atoms with E-state index in [0.717, 1.165) is 6.26 Å². The van der Waals surface area contributed by atoms with Gasteiger partial charge in [0.05, 0.1) is 12.8 Å². The quantitative estimate of drug-likeness (QED) is 0.785.